The molecule has 2 heterocycles. The van der Waals surface area contributed by atoms with E-state index >= 15 is 0 Å². The summed E-state index contributed by atoms with van der Waals surface area (Å²) in [6.45, 7) is 4.24. The van der Waals surface area contributed by atoms with E-state index in [-0.39, 0.29) is 41.4 Å². The van der Waals surface area contributed by atoms with Crippen LogP contribution in [0.25, 0.3) is 22.0 Å². The summed E-state index contributed by atoms with van der Waals surface area (Å²) < 4.78 is 49.9. The molecule has 0 unspecified atom stereocenters. The number of H-pyrrole nitrogens is 1. The first-order chi connectivity index (χ1) is 20.8. The maximum absolute atomic E-state index is 14.8. The van der Waals surface area contributed by atoms with Crippen LogP contribution in [0.2, 0.25) is 0 Å². The highest BCUT2D eigenvalue weighted by Gasteiger charge is 2.19. The van der Waals surface area contributed by atoms with Gasteiger partial charge in [-0.1, -0.05) is 30.3 Å². The van der Waals surface area contributed by atoms with Crippen molar-refractivity contribution in [3.63, 3.8) is 0 Å². The zero-order chi connectivity index (χ0) is 30.5. The standard InChI is InChI=1S/C31H28F2N4O6/c1-4-41-31-25(17(2)43-37-31)20-8-5-18(6-9-20)13-14-42-27-22(33)11-12-23-26(27)29(38)36-28(35-23)30(39)34-16-19-7-10-21(32)24(15-19)40-3/h5-12,15H,4,13-14,16H2,1-3H3,(H,34,39)(H,35,36,38). The minimum atomic E-state index is -0.732. The summed E-state index contributed by atoms with van der Waals surface area (Å²) in [5, 5.41) is 6.45. The molecule has 0 aliphatic rings. The van der Waals surface area contributed by atoms with Gasteiger partial charge in [0.15, 0.2) is 29.0 Å². The van der Waals surface area contributed by atoms with E-state index in [0.717, 1.165) is 22.8 Å². The molecule has 0 aliphatic carbocycles. The number of methoxy groups -OCH3 is 1. The third-order valence-corrected chi connectivity index (χ3v) is 6.65. The Bertz CT molecular complexity index is 1840. The highest BCUT2D eigenvalue weighted by Crippen LogP contribution is 2.33. The fourth-order valence-electron chi connectivity index (χ4n) is 4.53. The van der Waals surface area contributed by atoms with Crippen LogP contribution in [0, 0.1) is 18.6 Å². The van der Waals surface area contributed by atoms with Crippen LogP contribution in [-0.4, -0.2) is 41.4 Å². The summed E-state index contributed by atoms with van der Waals surface area (Å²) in [7, 11) is 1.34. The molecule has 5 aromatic rings. The van der Waals surface area contributed by atoms with Gasteiger partial charge in [0.1, 0.15) is 11.1 Å². The van der Waals surface area contributed by atoms with Crippen LogP contribution in [0.1, 0.15) is 34.4 Å². The minimum absolute atomic E-state index is 0.0300. The molecule has 10 nitrogen and oxygen atoms in total. The van der Waals surface area contributed by atoms with Crippen molar-refractivity contribution in [3.05, 3.63) is 99.3 Å². The SMILES string of the molecule is CCOc1noc(C)c1-c1ccc(CCOc2c(F)ccc3nc(C(=O)NCc4ccc(F)c(OC)c4)[nH]c(=O)c23)cc1. The van der Waals surface area contributed by atoms with Crippen LogP contribution >= 0.6 is 0 Å². The van der Waals surface area contributed by atoms with Crippen LogP contribution in [0.5, 0.6) is 17.4 Å². The van der Waals surface area contributed by atoms with Gasteiger partial charge in [-0.25, -0.2) is 13.8 Å². The molecule has 1 amide bonds. The van der Waals surface area contributed by atoms with Gasteiger partial charge in [-0.2, -0.15) is 0 Å². The molecule has 3 aromatic carbocycles. The number of aromatic nitrogens is 3. The van der Waals surface area contributed by atoms with Gasteiger partial charge in [0.05, 0.1) is 31.4 Å². The molecule has 0 saturated heterocycles. The van der Waals surface area contributed by atoms with E-state index in [0.29, 0.717) is 30.2 Å². The van der Waals surface area contributed by atoms with Crippen LogP contribution in [0.15, 0.2) is 63.9 Å². The molecule has 2 N–H and O–H groups in total. The van der Waals surface area contributed by atoms with E-state index in [4.69, 9.17) is 18.7 Å². The quantitative estimate of drug-likeness (QED) is 0.217. The van der Waals surface area contributed by atoms with Crippen LogP contribution in [-0.2, 0) is 13.0 Å². The summed E-state index contributed by atoms with van der Waals surface area (Å²) >= 11 is 0. The fraction of sp³-hybridized carbons (Fsp3) is 0.226. The molecule has 2 aromatic heterocycles. The van der Waals surface area contributed by atoms with Crippen molar-refractivity contribution in [1.29, 1.82) is 0 Å². The smallest absolute Gasteiger partial charge is 0.287 e. The summed E-state index contributed by atoms with van der Waals surface area (Å²) in [4.78, 5) is 32.3. The first-order valence-corrected chi connectivity index (χ1v) is 13.4. The first kappa shape index (κ1) is 29.2. The van der Waals surface area contributed by atoms with Crippen molar-refractivity contribution in [2.24, 2.45) is 0 Å². The molecular weight excluding hydrogens is 562 g/mol. The Kier molecular flexibility index (Phi) is 8.65. The Hall–Kier alpha value is -5.26. The van der Waals surface area contributed by atoms with Gasteiger partial charge in [0.25, 0.3) is 17.3 Å². The summed E-state index contributed by atoms with van der Waals surface area (Å²) in [5.41, 5.74) is 2.51. The van der Waals surface area contributed by atoms with Gasteiger partial charge in [-0.3, -0.25) is 9.59 Å². The zero-order valence-electron chi connectivity index (χ0n) is 23.6. The number of hydrogen-bond donors (Lipinski definition) is 2. The van der Waals surface area contributed by atoms with Gasteiger partial charge in [-0.15, -0.1) is 0 Å². The number of rotatable bonds is 11. The van der Waals surface area contributed by atoms with Crippen LogP contribution in [0.4, 0.5) is 8.78 Å². The molecule has 0 radical (unpaired) electrons. The van der Waals surface area contributed by atoms with Crippen molar-refractivity contribution >= 4 is 16.8 Å². The van der Waals surface area contributed by atoms with Crippen molar-refractivity contribution in [1.82, 2.24) is 20.4 Å². The van der Waals surface area contributed by atoms with Crippen molar-refractivity contribution in [2.75, 3.05) is 20.3 Å². The number of hydrogen-bond acceptors (Lipinski definition) is 8. The highest BCUT2D eigenvalue weighted by atomic mass is 19.1. The number of carbonyl (C=O) groups is 1. The van der Waals surface area contributed by atoms with E-state index < -0.39 is 23.1 Å². The average Bonchev–Trinajstić information content (AvgIpc) is 3.37. The van der Waals surface area contributed by atoms with Crippen molar-refractivity contribution < 1.29 is 32.3 Å². The molecule has 222 valence electrons. The molecule has 0 bridgehead atoms. The Morgan fingerprint density at radius 1 is 1.02 bits per heavy atom. The van der Waals surface area contributed by atoms with Gasteiger partial charge >= 0.3 is 0 Å². The predicted octanol–water partition coefficient (Wildman–Crippen LogP) is 5.12. The summed E-state index contributed by atoms with van der Waals surface area (Å²) in [6.07, 6.45) is 0.428. The van der Waals surface area contributed by atoms with E-state index in [1.807, 2.05) is 38.1 Å². The molecule has 0 aliphatic heterocycles. The predicted molar refractivity (Wildman–Crippen MR) is 153 cm³/mol. The lowest BCUT2D eigenvalue weighted by Crippen LogP contribution is -2.27. The van der Waals surface area contributed by atoms with Gasteiger partial charge in [-0.05, 0) is 60.0 Å². The zero-order valence-corrected chi connectivity index (χ0v) is 23.6. The lowest BCUT2D eigenvalue weighted by molar-refractivity contribution is 0.0940. The Labute approximate surface area is 244 Å². The van der Waals surface area contributed by atoms with Crippen molar-refractivity contribution in [3.8, 4) is 28.5 Å². The van der Waals surface area contributed by atoms with E-state index in [1.165, 1.54) is 31.4 Å². The molecular formula is C31H28F2N4O6. The largest absolute Gasteiger partial charge is 0.494 e. The first-order valence-electron chi connectivity index (χ1n) is 13.4. The maximum atomic E-state index is 14.8. The number of ether oxygens (including phenoxy) is 3. The second-order valence-corrected chi connectivity index (χ2v) is 9.48. The highest BCUT2D eigenvalue weighted by molar-refractivity contribution is 5.93. The third kappa shape index (κ3) is 6.32. The minimum Gasteiger partial charge on any atom is -0.494 e. The van der Waals surface area contributed by atoms with Gasteiger partial charge in [0.2, 0.25) is 0 Å². The average molecular weight is 591 g/mol. The number of aromatic amines is 1. The fourth-order valence-corrected chi connectivity index (χ4v) is 4.53. The lowest BCUT2D eigenvalue weighted by Gasteiger charge is -2.11. The molecule has 43 heavy (non-hydrogen) atoms. The molecule has 0 spiro atoms. The molecule has 0 fully saturated rings. The van der Waals surface area contributed by atoms with Gasteiger partial charge < -0.3 is 29.0 Å². The number of halogens is 2. The Morgan fingerprint density at radius 3 is 2.51 bits per heavy atom. The normalized spacial score (nSPS) is 11.0. The molecule has 5 rings (SSSR count). The number of nitrogens with zero attached hydrogens (tertiary/aromatic N) is 2. The van der Waals surface area contributed by atoms with Crippen LogP contribution in [0.3, 0.4) is 0 Å². The summed E-state index contributed by atoms with van der Waals surface area (Å²) in [5.74, 6) is -1.36. The van der Waals surface area contributed by atoms with E-state index in [9.17, 15) is 18.4 Å². The maximum Gasteiger partial charge on any atom is 0.287 e. The number of nitrogens with one attached hydrogen (secondary N) is 2. The lowest BCUT2D eigenvalue weighted by atomic mass is 10.0. The number of aryl methyl sites for hydroxylation is 1. The Morgan fingerprint density at radius 2 is 1.77 bits per heavy atom. The third-order valence-electron chi connectivity index (χ3n) is 6.65. The number of carbonyl (C=O) groups excluding carboxylic acids is 1. The molecule has 0 atom stereocenters. The molecule has 12 heteroatoms. The summed E-state index contributed by atoms with van der Waals surface area (Å²) in [6, 6.07) is 14.2. The molecule has 0 saturated carbocycles. The Balaban J connectivity index is 1.27. The number of benzene rings is 3. The van der Waals surface area contributed by atoms with Crippen LogP contribution < -0.4 is 25.1 Å². The monoisotopic (exact) mass is 590 g/mol. The second-order valence-electron chi connectivity index (χ2n) is 9.48. The van der Waals surface area contributed by atoms with Crippen molar-refractivity contribution in [2.45, 2.75) is 26.8 Å². The topological polar surface area (TPSA) is 129 Å². The number of fused-ring (bicyclic) bond motifs is 1. The van der Waals surface area contributed by atoms with Gasteiger partial charge in [0, 0.05) is 13.0 Å². The van der Waals surface area contributed by atoms with E-state index in [1.54, 1.807) is 0 Å². The van der Waals surface area contributed by atoms with E-state index in [2.05, 4.69) is 20.4 Å². The second kappa shape index (κ2) is 12.7. The number of amides is 1.